The lowest BCUT2D eigenvalue weighted by atomic mass is 9.95. The third-order valence-corrected chi connectivity index (χ3v) is 17.9. The molecular weight excluding hydrogens is 1320 g/mol. The van der Waals surface area contributed by atoms with E-state index < -0.39 is 109 Å². The van der Waals surface area contributed by atoms with Gasteiger partial charge in [-0.15, -0.1) is 11.6 Å². The minimum atomic E-state index is -1.84. The molecule has 4 aromatic heterocycles. The number of carboxylic acids is 3. The first-order valence-corrected chi connectivity index (χ1v) is 32.6. The van der Waals surface area contributed by atoms with E-state index in [-0.39, 0.29) is 83.0 Å². The van der Waals surface area contributed by atoms with Gasteiger partial charge in [-0.3, -0.25) is 43.3 Å². The fraction of sp³-hybridized carbons (Fsp3) is 0.238. The van der Waals surface area contributed by atoms with E-state index in [2.05, 4.69) is 61.8 Å². The molecule has 0 aliphatic carbocycles. The number of amides is 6. The Kier molecular flexibility index (Phi) is 21.8. The van der Waals surface area contributed by atoms with E-state index in [1.165, 1.54) is 30.5 Å². The number of aromatic amines is 3. The Morgan fingerprint density at radius 2 is 1.44 bits per heavy atom. The lowest BCUT2D eigenvalue weighted by Gasteiger charge is -2.22. The molecule has 0 saturated carbocycles. The molecule has 34 heteroatoms. The Hall–Kier alpha value is -11.3. The number of nitrogens with zero attached hydrogens (tertiary/aromatic N) is 4. The van der Waals surface area contributed by atoms with E-state index in [0.717, 1.165) is 38.1 Å². The number of halogens is 1. The van der Waals surface area contributed by atoms with Crippen molar-refractivity contribution in [2.75, 3.05) is 58.3 Å². The van der Waals surface area contributed by atoms with Gasteiger partial charge in [0.05, 0.1) is 30.5 Å². The van der Waals surface area contributed by atoms with Crippen LogP contribution in [0.25, 0.3) is 43.7 Å². The highest BCUT2D eigenvalue weighted by atomic mass is 35.5. The number of hydrogen-bond donors (Lipinski definition) is 14. The Morgan fingerprint density at radius 3 is 2.19 bits per heavy atom. The maximum atomic E-state index is 14.4. The zero-order valence-corrected chi connectivity index (χ0v) is 53.1. The van der Waals surface area contributed by atoms with E-state index in [9.17, 15) is 68.1 Å². The third kappa shape index (κ3) is 17.0. The number of nitrogens with two attached hydrogens (primary N) is 2. The molecule has 502 valence electrons. The zero-order chi connectivity index (χ0) is 69.0. The molecule has 0 saturated heterocycles. The van der Waals surface area contributed by atoms with Crippen molar-refractivity contribution < 1.29 is 72.7 Å². The number of carbonyl (C=O) groups excluding carboxylic acids is 7. The smallest absolute Gasteiger partial charge is 0.481 e. The number of carbonyl (C=O) groups is 10. The Labute approximate surface area is 560 Å². The quantitative estimate of drug-likeness (QED) is 0.00985. The van der Waals surface area contributed by atoms with E-state index in [1.54, 1.807) is 59.5 Å². The standard InChI is InChI=1S/C63H60ClN15O16S2/c64-24-33-28-79(59(88)45-21-32-19-35(13-14-41(32)73-45)71-56(85)43-20-31-5-1-4-8-40(31)72-43)47-23-48(37-6-2-3-7-38(37)51(33)47)95-63(93)94-17-18-96-97-29-46(61(91)92)76-57(86)44(22-50(81)82)75-55(84)39(65)27-68-49(80)16-15-42(60(89)90)74-54(83)30-9-11-34(12-10-30)67-25-36-26-69-53-52(70-36)58(87)78-62(66)77-53/h1-14,19-21,23,26,33,39,42,44,46,67,72-73H,15-18,22,24-25,27-29,65H2,(H,68,80)(H,71,85)(H,74,83)(H,75,84)(H,76,86)(H,81,82)(H,89,90)(H,91,92)(H3,66,69,77,78,87)/t33?,39-,42+,44-,46-/m0/s1. The summed E-state index contributed by atoms with van der Waals surface area (Å²) < 4.78 is 11.1. The van der Waals surface area contributed by atoms with Crippen LogP contribution in [0.1, 0.15) is 67.8 Å². The van der Waals surface area contributed by atoms with E-state index >= 15 is 0 Å². The van der Waals surface area contributed by atoms with Crippen LogP contribution >= 0.6 is 33.2 Å². The van der Waals surface area contributed by atoms with Gasteiger partial charge in [0, 0.05) is 93.0 Å². The van der Waals surface area contributed by atoms with Crippen LogP contribution in [0.15, 0.2) is 120 Å². The van der Waals surface area contributed by atoms with Gasteiger partial charge in [0.15, 0.2) is 11.2 Å². The minimum Gasteiger partial charge on any atom is -0.481 e. The SMILES string of the molecule is Nc1nc2ncc(CNc3ccc(C(=O)N[C@H](CCC(=O)NC[C@H](N)C(=O)N[C@@H](CC(=O)O)C(=O)N[C@@H](CSSCCOC(=O)Oc4cc5c(c6ccccc46)C(CCl)CN5C(=O)c4cc5cc(NC(=O)c6cc7ccccc7[nH]6)ccc5[nH]4)C(=O)O)C(=O)O)cc3)nc2c(=O)[nH]1. The number of alkyl halides is 1. The highest BCUT2D eigenvalue weighted by molar-refractivity contribution is 8.76. The van der Waals surface area contributed by atoms with Gasteiger partial charge < -0.3 is 83.0 Å². The van der Waals surface area contributed by atoms with Gasteiger partial charge >= 0.3 is 24.1 Å². The van der Waals surface area contributed by atoms with Crippen LogP contribution in [0, 0.1) is 0 Å². The van der Waals surface area contributed by atoms with Crippen molar-refractivity contribution in [2.24, 2.45) is 5.73 Å². The van der Waals surface area contributed by atoms with Crippen LogP contribution in [0.3, 0.4) is 0 Å². The third-order valence-electron chi connectivity index (χ3n) is 15.2. The first-order chi connectivity index (χ1) is 46.6. The second-order valence-corrected chi connectivity index (χ2v) is 24.9. The Bertz CT molecular complexity index is 4600. The van der Waals surface area contributed by atoms with Gasteiger partial charge in [-0.05, 0) is 78.0 Å². The van der Waals surface area contributed by atoms with Gasteiger partial charge in [-0.1, -0.05) is 64.1 Å². The summed E-state index contributed by atoms with van der Waals surface area (Å²) >= 11 is 6.53. The van der Waals surface area contributed by atoms with Crippen molar-refractivity contribution in [3.63, 3.8) is 0 Å². The average Bonchev–Trinajstić information content (AvgIpc) is 1.61. The number of hydrogen-bond acceptors (Lipinski definition) is 21. The fourth-order valence-corrected chi connectivity index (χ4v) is 12.6. The molecule has 1 unspecified atom stereocenters. The number of nitrogen functional groups attached to an aromatic ring is 1. The second-order valence-electron chi connectivity index (χ2n) is 21.9. The number of H-pyrrole nitrogens is 3. The molecule has 5 heterocycles. The average molecular weight is 1380 g/mol. The van der Waals surface area contributed by atoms with E-state index in [4.69, 9.17) is 32.5 Å². The maximum Gasteiger partial charge on any atom is 0.513 e. The highest BCUT2D eigenvalue weighted by Gasteiger charge is 2.37. The molecule has 5 atom stereocenters. The first kappa shape index (κ1) is 68.6. The topological polar surface area (TPSA) is 480 Å². The zero-order valence-electron chi connectivity index (χ0n) is 50.7. The molecule has 31 nitrogen and oxygen atoms in total. The number of para-hydroxylation sites is 1. The maximum absolute atomic E-state index is 14.4. The van der Waals surface area contributed by atoms with Gasteiger partial charge in [0.2, 0.25) is 23.7 Å². The number of carboxylic acid groups (broad SMARTS) is 3. The van der Waals surface area contributed by atoms with Gasteiger partial charge in [0.25, 0.3) is 23.3 Å². The molecule has 0 bridgehead atoms. The van der Waals surface area contributed by atoms with Crippen molar-refractivity contribution in [1.29, 1.82) is 0 Å². The molecule has 9 aromatic rings. The highest BCUT2D eigenvalue weighted by Crippen LogP contribution is 2.46. The molecule has 10 rings (SSSR count). The number of ether oxygens (including phenoxy) is 2. The summed E-state index contributed by atoms with van der Waals surface area (Å²) in [5.41, 5.74) is 15.8. The minimum absolute atomic E-state index is 0.0116. The number of anilines is 4. The van der Waals surface area contributed by atoms with Crippen LogP contribution in [-0.2, 0) is 40.0 Å². The van der Waals surface area contributed by atoms with Gasteiger partial charge in [-0.2, -0.15) is 4.98 Å². The summed E-state index contributed by atoms with van der Waals surface area (Å²) in [6, 6.07) is 24.2. The molecule has 5 aromatic carbocycles. The van der Waals surface area contributed by atoms with Crippen molar-refractivity contribution >= 4 is 159 Å². The fourth-order valence-electron chi connectivity index (χ4n) is 10.4. The second kappa shape index (κ2) is 30.9. The van der Waals surface area contributed by atoms with E-state index in [0.29, 0.717) is 50.1 Å². The number of aliphatic carboxylic acids is 3. The monoisotopic (exact) mass is 1380 g/mol. The molecule has 97 heavy (non-hydrogen) atoms. The predicted octanol–water partition coefficient (Wildman–Crippen LogP) is 4.79. The molecular formula is C63H60ClN15O16S2. The molecule has 16 N–H and O–H groups in total. The summed E-state index contributed by atoms with van der Waals surface area (Å²) in [4.78, 5) is 164. The van der Waals surface area contributed by atoms with Gasteiger partial charge in [-0.25, -0.2) is 24.4 Å². The molecule has 0 spiro atoms. The molecule has 6 amide bonds. The van der Waals surface area contributed by atoms with Gasteiger partial charge in [0.1, 0.15) is 47.9 Å². The normalized spacial score (nSPS) is 13.8. The van der Waals surface area contributed by atoms with Crippen molar-refractivity contribution in [1.82, 2.24) is 51.2 Å². The van der Waals surface area contributed by atoms with Crippen LogP contribution in [0.2, 0.25) is 0 Å². The van der Waals surface area contributed by atoms with Crippen molar-refractivity contribution in [3.8, 4) is 5.75 Å². The lowest BCUT2D eigenvalue weighted by Crippen LogP contribution is -2.57. The lowest BCUT2D eigenvalue weighted by molar-refractivity contribution is -0.143. The van der Waals surface area contributed by atoms with Crippen molar-refractivity contribution in [3.05, 3.63) is 154 Å². The van der Waals surface area contributed by atoms with Crippen LogP contribution < -0.4 is 58.6 Å². The molecule has 1 aliphatic heterocycles. The summed E-state index contributed by atoms with van der Waals surface area (Å²) in [5.74, 6) is -9.44. The number of nitrogens with one attached hydrogen (secondary N) is 9. The molecule has 0 radical (unpaired) electrons. The molecule has 0 fully saturated rings. The summed E-state index contributed by atoms with van der Waals surface area (Å²) in [7, 11) is 2.03. The Morgan fingerprint density at radius 1 is 0.742 bits per heavy atom. The number of benzene rings is 5. The first-order valence-electron chi connectivity index (χ1n) is 29.6. The van der Waals surface area contributed by atoms with E-state index in [1.807, 2.05) is 30.3 Å². The summed E-state index contributed by atoms with van der Waals surface area (Å²) in [5, 5.41) is 47.1. The number of rotatable bonds is 29. The van der Waals surface area contributed by atoms with Crippen LogP contribution in [-0.4, -0.2) is 166 Å². The van der Waals surface area contributed by atoms with Crippen molar-refractivity contribution in [2.45, 2.75) is 55.9 Å². The predicted molar refractivity (Wildman–Crippen MR) is 360 cm³/mol. The van der Waals surface area contributed by atoms with Crippen LogP contribution in [0.5, 0.6) is 5.75 Å². The number of fused-ring (bicyclic) bond motifs is 6. The van der Waals surface area contributed by atoms with Crippen LogP contribution in [0.4, 0.5) is 27.8 Å². The number of aromatic nitrogens is 6. The summed E-state index contributed by atoms with van der Waals surface area (Å²) in [6.45, 7) is -0.457. The molecule has 1 aliphatic rings. The Balaban J connectivity index is 0.654. The largest absolute Gasteiger partial charge is 0.513 e. The summed E-state index contributed by atoms with van der Waals surface area (Å²) in [6.07, 6.45) is -1.55.